The maximum atomic E-state index is 12.8. The molecule has 1 aliphatic carbocycles. The summed E-state index contributed by atoms with van der Waals surface area (Å²) in [5.74, 6) is 0.869. The highest BCUT2D eigenvalue weighted by molar-refractivity contribution is 6.03. The molecule has 1 fully saturated rings. The third-order valence-electron chi connectivity index (χ3n) is 4.03. The van der Waals surface area contributed by atoms with Gasteiger partial charge >= 0.3 is 0 Å². The van der Waals surface area contributed by atoms with E-state index < -0.39 is 0 Å². The standard InChI is InChI=1S/C16H23NO2/c1-2-11-19-14-8-4-3-7-13(14)15(18)16(12-17)9-5-6-10-16/h3-4,7-8H,2,5-6,9-12,17H2,1H3. The molecule has 0 saturated heterocycles. The molecule has 0 unspecified atom stereocenters. The van der Waals surface area contributed by atoms with Crippen molar-refractivity contribution in [2.75, 3.05) is 13.2 Å². The zero-order valence-electron chi connectivity index (χ0n) is 11.7. The second-order valence-corrected chi connectivity index (χ2v) is 5.37. The predicted molar refractivity (Wildman–Crippen MR) is 76.5 cm³/mol. The number of hydrogen-bond donors (Lipinski definition) is 1. The Morgan fingerprint density at radius 3 is 2.63 bits per heavy atom. The molecular formula is C16H23NO2. The minimum Gasteiger partial charge on any atom is -0.493 e. The lowest BCUT2D eigenvalue weighted by atomic mass is 9.78. The van der Waals surface area contributed by atoms with E-state index >= 15 is 0 Å². The fourth-order valence-corrected chi connectivity index (χ4v) is 2.85. The van der Waals surface area contributed by atoms with E-state index in [2.05, 4.69) is 6.92 Å². The molecule has 0 heterocycles. The molecule has 2 rings (SSSR count). The van der Waals surface area contributed by atoms with Gasteiger partial charge in [0.1, 0.15) is 5.75 Å². The first-order valence-electron chi connectivity index (χ1n) is 7.20. The molecule has 19 heavy (non-hydrogen) atoms. The predicted octanol–water partition coefficient (Wildman–Crippen LogP) is 3.18. The van der Waals surface area contributed by atoms with Crippen molar-refractivity contribution in [3.05, 3.63) is 29.8 Å². The molecule has 0 atom stereocenters. The normalized spacial score (nSPS) is 17.4. The Hall–Kier alpha value is -1.35. The fourth-order valence-electron chi connectivity index (χ4n) is 2.85. The van der Waals surface area contributed by atoms with E-state index in [1.54, 1.807) is 0 Å². The summed E-state index contributed by atoms with van der Waals surface area (Å²) in [7, 11) is 0. The monoisotopic (exact) mass is 261 g/mol. The minimum absolute atomic E-state index is 0.166. The average Bonchev–Trinajstić information content (AvgIpc) is 2.95. The largest absolute Gasteiger partial charge is 0.493 e. The molecule has 1 saturated carbocycles. The van der Waals surface area contributed by atoms with E-state index in [9.17, 15) is 4.79 Å². The van der Waals surface area contributed by atoms with Crippen LogP contribution in [0.4, 0.5) is 0 Å². The molecule has 2 N–H and O–H groups in total. The number of Topliss-reactive ketones (excluding diaryl/α,β-unsaturated/α-hetero) is 1. The Labute approximate surface area is 115 Å². The summed E-state index contributed by atoms with van der Waals surface area (Å²) in [5.41, 5.74) is 6.24. The Morgan fingerprint density at radius 2 is 2.00 bits per heavy atom. The van der Waals surface area contributed by atoms with Gasteiger partial charge in [0, 0.05) is 12.0 Å². The van der Waals surface area contributed by atoms with Crippen LogP contribution in [-0.4, -0.2) is 18.9 Å². The quantitative estimate of drug-likeness (QED) is 0.800. The number of hydrogen-bond acceptors (Lipinski definition) is 3. The lowest BCUT2D eigenvalue weighted by Crippen LogP contribution is -2.36. The zero-order valence-corrected chi connectivity index (χ0v) is 11.7. The first-order valence-corrected chi connectivity index (χ1v) is 7.20. The number of benzene rings is 1. The molecule has 104 valence electrons. The summed E-state index contributed by atoms with van der Waals surface area (Å²) in [4.78, 5) is 12.8. The van der Waals surface area contributed by atoms with Crippen LogP contribution in [0.1, 0.15) is 49.4 Å². The first-order chi connectivity index (χ1) is 9.23. The van der Waals surface area contributed by atoms with Crippen molar-refractivity contribution in [3.8, 4) is 5.75 Å². The smallest absolute Gasteiger partial charge is 0.173 e. The number of carbonyl (C=O) groups excluding carboxylic acids is 1. The highest BCUT2D eigenvalue weighted by atomic mass is 16.5. The molecule has 0 aliphatic heterocycles. The highest BCUT2D eigenvalue weighted by Crippen LogP contribution is 2.41. The third kappa shape index (κ3) is 2.81. The van der Waals surface area contributed by atoms with Crippen LogP contribution in [-0.2, 0) is 0 Å². The van der Waals surface area contributed by atoms with Gasteiger partial charge in [0.05, 0.1) is 12.2 Å². The molecular weight excluding hydrogens is 238 g/mol. The van der Waals surface area contributed by atoms with E-state index in [0.717, 1.165) is 32.1 Å². The topological polar surface area (TPSA) is 52.3 Å². The van der Waals surface area contributed by atoms with Gasteiger partial charge < -0.3 is 10.5 Å². The van der Waals surface area contributed by atoms with Gasteiger partial charge in [-0.05, 0) is 31.4 Å². The highest BCUT2D eigenvalue weighted by Gasteiger charge is 2.41. The number of ketones is 1. The Morgan fingerprint density at radius 1 is 1.32 bits per heavy atom. The van der Waals surface area contributed by atoms with Gasteiger partial charge in [0.15, 0.2) is 5.78 Å². The molecule has 0 amide bonds. The lowest BCUT2D eigenvalue weighted by Gasteiger charge is -2.26. The molecule has 3 nitrogen and oxygen atoms in total. The summed E-state index contributed by atoms with van der Waals surface area (Å²) in [6, 6.07) is 7.54. The molecule has 1 aromatic rings. The summed E-state index contributed by atoms with van der Waals surface area (Å²) in [5, 5.41) is 0. The van der Waals surface area contributed by atoms with Crippen molar-refractivity contribution in [2.24, 2.45) is 11.1 Å². The molecule has 1 aliphatic rings. The number of carbonyl (C=O) groups is 1. The Kier molecular flexibility index (Phi) is 4.59. The van der Waals surface area contributed by atoms with Crippen LogP contribution in [0.25, 0.3) is 0 Å². The van der Waals surface area contributed by atoms with Crippen molar-refractivity contribution < 1.29 is 9.53 Å². The average molecular weight is 261 g/mol. The lowest BCUT2D eigenvalue weighted by molar-refractivity contribution is 0.0805. The van der Waals surface area contributed by atoms with E-state index in [1.807, 2.05) is 24.3 Å². The number of nitrogens with two attached hydrogens (primary N) is 1. The van der Waals surface area contributed by atoms with Gasteiger partial charge in [-0.15, -0.1) is 0 Å². The maximum Gasteiger partial charge on any atom is 0.173 e. The maximum absolute atomic E-state index is 12.8. The molecule has 1 aromatic carbocycles. The SMILES string of the molecule is CCCOc1ccccc1C(=O)C1(CN)CCCC1. The summed E-state index contributed by atoms with van der Waals surface area (Å²) < 4.78 is 5.69. The number of rotatable bonds is 6. The third-order valence-corrected chi connectivity index (χ3v) is 4.03. The molecule has 0 bridgehead atoms. The van der Waals surface area contributed by atoms with Crippen LogP contribution in [0.15, 0.2) is 24.3 Å². The molecule has 3 heteroatoms. The summed E-state index contributed by atoms with van der Waals surface area (Å²) in [6.07, 6.45) is 4.95. The van der Waals surface area contributed by atoms with E-state index in [0.29, 0.717) is 24.5 Å². The Balaban J connectivity index is 2.27. The van der Waals surface area contributed by atoms with Crippen molar-refractivity contribution in [2.45, 2.75) is 39.0 Å². The van der Waals surface area contributed by atoms with Crippen molar-refractivity contribution in [3.63, 3.8) is 0 Å². The first kappa shape index (κ1) is 14.1. The van der Waals surface area contributed by atoms with Crippen LogP contribution in [0.5, 0.6) is 5.75 Å². The fraction of sp³-hybridized carbons (Fsp3) is 0.562. The van der Waals surface area contributed by atoms with E-state index in [1.165, 1.54) is 0 Å². The van der Waals surface area contributed by atoms with Gasteiger partial charge in [-0.2, -0.15) is 0 Å². The second-order valence-electron chi connectivity index (χ2n) is 5.37. The van der Waals surface area contributed by atoms with Gasteiger partial charge in [-0.1, -0.05) is 31.9 Å². The number of para-hydroxylation sites is 1. The van der Waals surface area contributed by atoms with Gasteiger partial charge in [-0.3, -0.25) is 4.79 Å². The summed E-state index contributed by atoms with van der Waals surface area (Å²) in [6.45, 7) is 3.14. The van der Waals surface area contributed by atoms with Crippen molar-refractivity contribution in [1.82, 2.24) is 0 Å². The van der Waals surface area contributed by atoms with Gasteiger partial charge in [0.25, 0.3) is 0 Å². The molecule has 0 radical (unpaired) electrons. The Bertz CT molecular complexity index is 436. The minimum atomic E-state index is -0.355. The van der Waals surface area contributed by atoms with Crippen LogP contribution in [0.2, 0.25) is 0 Å². The summed E-state index contributed by atoms with van der Waals surface area (Å²) >= 11 is 0. The van der Waals surface area contributed by atoms with E-state index in [-0.39, 0.29) is 11.2 Å². The molecule has 0 spiro atoms. The number of ether oxygens (including phenoxy) is 1. The van der Waals surface area contributed by atoms with Gasteiger partial charge in [0.2, 0.25) is 0 Å². The van der Waals surface area contributed by atoms with Gasteiger partial charge in [-0.25, -0.2) is 0 Å². The van der Waals surface area contributed by atoms with E-state index in [4.69, 9.17) is 10.5 Å². The van der Waals surface area contributed by atoms with Crippen LogP contribution < -0.4 is 10.5 Å². The van der Waals surface area contributed by atoms with Crippen molar-refractivity contribution in [1.29, 1.82) is 0 Å². The van der Waals surface area contributed by atoms with Crippen LogP contribution >= 0.6 is 0 Å². The van der Waals surface area contributed by atoms with Crippen LogP contribution in [0, 0.1) is 5.41 Å². The van der Waals surface area contributed by atoms with Crippen molar-refractivity contribution >= 4 is 5.78 Å². The zero-order chi connectivity index (χ0) is 13.7. The molecule has 0 aromatic heterocycles. The second kappa shape index (κ2) is 6.20. The van der Waals surface area contributed by atoms with Crippen LogP contribution in [0.3, 0.4) is 0 Å².